The van der Waals surface area contributed by atoms with E-state index in [4.69, 9.17) is 19.9 Å². The average molecular weight is 793 g/mol. The van der Waals surface area contributed by atoms with E-state index in [1.54, 1.807) is 0 Å². The van der Waals surface area contributed by atoms with Crippen LogP contribution in [-0.4, -0.2) is 29.1 Å². The lowest BCUT2D eigenvalue weighted by Crippen LogP contribution is -2.07. The molecule has 62 heavy (non-hydrogen) atoms. The largest absolute Gasteiger partial charge is 0.307 e. The fourth-order valence-corrected chi connectivity index (χ4v) is 8.88. The molecule has 0 aliphatic rings. The van der Waals surface area contributed by atoms with Gasteiger partial charge in [-0.25, -0.2) is 9.97 Å². The average Bonchev–Trinajstić information content (AvgIpc) is 3.88. The van der Waals surface area contributed by atoms with E-state index >= 15 is 0 Å². The van der Waals surface area contributed by atoms with Crippen molar-refractivity contribution in [1.82, 2.24) is 29.1 Å². The van der Waals surface area contributed by atoms with Crippen LogP contribution >= 0.6 is 0 Å². The van der Waals surface area contributed by atoms with Gasteiger partial charge < -0.3 is 4.57 Å². The van der Waals surface area contributed by atoms with E-state index in [2.05, 4.69) is 185 Å². The minimum absolute atomic E-state index is 0.552. The standard InChI is InChI=1S/C56H36N6/c1-4-15-37(16-5-1)38-27-29-42(30-28-38)55-58-54(41-19-8-3-9-20-41)59-56(60-55)62-51-26-13-11-22-45(51)47-36-35-46-44-21-10-12-25-50(44)61(52(46)53(47)62)43-33-31-40(32-34-43)49-24-14-23-48(57-49)39-17-6-2-7-18-39/h1-36H. The first kappa shape index (κ1) is 35.5. The van der Waals surface area contributed by atoms with Crippen LogP contribution in [0.5, 0.6) is 0 Å². The molecule has 0 fully saturated rings. The molecule has 12 aromatic rings. The SMILES string of the molecule is c1ccc(-c2ccc(-c3nc(-c4ccccc4)nc(-n4c5ccccc5c5ccc6c7ccccc7n(-c7ccc(-c8cccc(-c9ccccc9)n8)cc7)c6c54)n3)cc2)cc1. The maximum Gasteiger partial charge on any atom is 0.238 e. The smallest absolute Gasteiger partial charge is 0.238 e. The maximum atomic E-state index is 5.34. The van der Waals surface area contributed by atoms with Gasteiger partial charge in [-0.05, 0) is 47.5 Å². The lowest BCUT2D eigenvalue weighted by molar-refractivity contribution is 0.953. The molecule has 0 amide bonds. The van der Waals surface area contributed by atoms with Crippen molar-refractivity contribution >= 4 is 43.6 Å². The van der Waals surface area contributed by atoms with Crippen LogP contribution in [0, 0.1) is 0 Å². The third kappa shape index (κ3) is 5.96. The first-order valence-corrected chi connectivity index (χ1v) is 20.8. The van der Waals surface area contributed by atoms with E-state index in [9.17, 15) is 0 Å². The summed E-state index contributed by atoms with van der Waals surface area (Å²) >= 11 is 0. The van der Waals surface area contributed by atoms with Gasteiger partial charge in [0.25, 0.3) is 0 Å². The van der Waals surface area contributed by atoms with Gasteiger partial charge in [0.1, 0.15) is 0 Å². The molecule has 0 saturated carbocycles. The van der Waals surface area contributed by atoms with E-state index in [1.807, 2.05) is 42.5 Å². The van der Waals surface area contributed by atoms with Gasteiger partial charge in [-0.3, -0.25) is 4.57 Å². The number of para-hydroxylation sites is 2. The van der Waals surface area contributed by atoms with Crippen molar-refractivity contribution in [2.75, 3.05) is 0 Å². The summed E-state index contributed by atoms with van der Waals surface area (Å²) in [4.78, 5) is 20.8. The van der Waals surface area contributed by atoms with Gasteiger partial charge in [-0.2, -0.15) is 9.97 Å². The predicted molar refractivity (Wildman–Crippen MR) is 253 cm³/mol. The van der Waals surface area contributed by atoms with Crippen LogP contribution in [0.1, 0.15) is 0 Å². The third-order valence-electron chi connectivity index (χ3n) is 11.8. The zero-order valence-electron chi connectivity index (χ0n) is 33.5. The molecule has 0 atom stereocenters. The summed E-state index contributed by atoms with van der Waals surface area (Å²) in [5.74, 6) is 1.76. The fraction of sp³-hybridized carbons (Fsp3) is 0. The molecular formula is C56H36N6. The minimum atomic E-state index is 0.552. The second-order valence-electron chi connectivity index (χ2n) is 15.5. The van der Waals surface area contributed by atoms with Crippen molar-refractivity contribution < 1.29 is 0 Å². The lowest BCUT2D eigenvalue weighted by atomic mass is 10.0. The van der Waals surface area contributed by atoms with Gasteiger partial charge >= 0.3 is 0 Å². The third-order valence-corrected chi connectivity index (χ3v) is 11.8. The summed E-state index contributed by atoms with van der Waals surface area (Å²) in [6.07, 6.45) is 0. The molecule has 0 saturated heterocycles. The number of fused-ring (bicyclic) bond motifs is 7. The Morgan fingerprint density at radius 3 is 1.27 bits per heavy atom. The second kappa shape index (κ2) is 14.7. The molecule has 0 radical (unpaired) electrons. The number of hydrogen-bond donors (Lipinski definition) is 0. The van der Waals surface area contributed by atoms with Crippen LogP contribution in [0.2, 0.25) is 0 Å². The van der Waals surface area contributed by atoms with E-state index in [-0.39, 0.29) is 0 Å². The molecular weight excluding hydrogens is 757 g/mol. The maximum absolute atomic E-state index is 5.34. The van der Waals surface area contributed by atoms with E-state index in [1.165, 1.54) is 5.39 Å². The molecule has 0 aliphatic carbocycles. The number of hydrogen-bond acceptors (Lipinski definition) is 4. The number of nitrogens with zero attached hydrogens (tertiary/aromatic N) is 6. The van der Waals surface area contributed by atoms with Crippen molar-refractivity contribution in [2.45, 2.75) is 0 Å². The second-order valence-corrected chi connectivity index (χ2v) is 15.5. The zero-order valence-corrected chi connectivity index (χ0v) is 33.5. The van der Waals surface area contributed by atoms with Gasteiger partial charge in [0.2, 0.25) is 5.95 Å². The van der Waals surface area contributed by atoms with Crippen LogP contribution in [-0.2, 0) is 0 Å². The Morgan fingerprint density at radius 1 is 0.258 bits per heavy atom. The van der Waals surface area contributed by atoms with Crippen LogP contribution in [0.4, 0.5) is 0 Å². The fourth-order valence-electron chi connectivity index (χ4n) is 8.88. The minimum Gasteiger partial charge on any atom is -0.307 e. The highest BCUT2D eigenvalue weighted by molar-refractivity contribution is 6.23. The monoisotopic (exact) mass is 792 g/mol. The number of benzene rings is 8. The highest BCUT2D eigenvalue weighted by Crippen LogP contribution is 2.42. The Bertz CT molecular complexity index is 3590. The summed E-state index contributed by atoms with van der Waals surface area (Å²) in [5.41, 5.74) is 13.4. The van der Waals surface area contributed by atoms with Crippen LogP contribution < -0.4 is 0 Å². The first-order chi connectivity index (χ1) is 30.7. The molecule has 0 bridgehead atoms. The van der Waals surface area contributed by atoms with Crippen LogP contribution in [0.3, 0.4) is 0 Å². The molecule has 0 spiro atoms. The van der Waals surface area contributed by atoms with E-state index < -0.39 is 0 Å². The Balaban J connectivity index is 1.09. The quantitative estimate of drug-likeness (QED) is 0.161. The van der Waals surface area contributed by atoms with Crippen LogP contribution in [0.15, 0.2) is 218 Å². The van der Waals surface area contributed by atoms with Crippen molar-refractivity contribution in [3.8, 4) is 68.1 Å². The zero-order chi connectivity index (χ0) is 41.0. The van der Waals surface area contributed by atoms with Crippen molar-refractivity contribution in [3.63, 3.8) is 0 Å². The topological polar surface area (TPSA) is 61.4 Å². The predicted octanol–water partition coefficient (Wildman–Crippen LogP) is 13.8. The van der Waals surface area contributed by atoms with Crippen LogP contribution in [0.25, 0.3) is 112 Å². The first-order valence-electron chi connectivity index (χ1n) is 20.8. The number of pyridine rings is 1. The summed E-state index contributed by atoms with van der Waals surface area (Å²) in [6, 6.07) is 76.1. The number of rotatable bonds is 7. The Hall–Kier alpha value is -8.48. The molecule has 290 valence electrons. The van der Waals surface area contributed by atoms with E-state index in [0.717, 1.165) is 88.7 Å². The summed E-state index contributed by atoms with van der Waals surface area (Å²) in [6.45, 7) is 0. The molecule has 6 heteroatoms. The lowest BCUT2D eigenvalue weighted by Gasteiger charge is -2.14. The summed E-state index contributed by atoms with van der Waals surface area (Å²) in [5, 5.41) is 4.55. The molecule has 12 rings (SSSR count). The van der Waals surface area contributed by atoms with Gasteiger partial charge in [0, 0.05) is 49.5 Å². The summed E-state index contributed by atoms with van der Waals surface area (Å²) in [7, 11) is 0. The number of aromatic nitrogens is 6. The van der Waals surface area contributed by atoms with Crippen molar-refractivity contribution in [2.24, 2.45) is 0 Å². The molecule has 8 aromatic carbocycles. The van der Waals surface area contributed by atoms with Gasteiger partial charge in [0.15, 0.2) is 11.6 Å². The highest BCUT2D eigenvalue weighted by Gasteiger charge is 2.23. The Kier molecular flexibility index (Phi) is 8.38. The molecule has 0 N–H and O–H groups in total. The summed E-state index contributed by atoms with van der Waals surface area (Å²) < 4.78 is 4.63. The van der Waals surface area contributed by atoms with Gasteiger partial charge in [-0.15, -0.1) is 0 Å². The molecule has 4 heterocycles. The van der Waals surface area contributed by atoms with E-state index in [0.29, 0.717) is 17.6 Å². The molecule has 0 unspecified atom stereocenters. The van der Waals surface area contributed by atoms with Crippen molar-refractivity contribution in [1.29, 1.82) is 0 Å². The Labute approximate surface area is 357 Å². The van der Waals surface area contributed by atoms with Crippen molar-refractivity contribution in [3.05, 3.63) is 218 Å². The highest BCUT2D eigenvalue weighted by atomic mass is 15.2. The molecule has 6 nitrogen and oxygen atoms in total. The Morgan fingerprint density at radius 2 is 0.677 bits per heavy atom. The molecule has 4 aromatic heterocycles. The molecule has 0 aliphatic heterocycles. The van der Waals surface area contributed by atoms with Gasteiger partial charge in [0.05, 0.1) is 33.5 Å². The normalized spacial score (nSPS) is 11.5. The van der Waals surface area contributed by atoms with Gasteiger partial charge in [-0.1, -0.05) is 182 Å².